The second-order valence-electron chi connectivity index (χ2n) is 6.53. The molecule has 0 spiro atoms. The Kier molecular flexibility index (Phi) is 4.68. The zero-order valence-corrected chi connectivity index (χ0v) is 15.4. The van der Waals surface area contributed by atoms with Crippen molar-refractivity contribution in [2.45, 2.75) is 0 Å². The van der Waals surface area contributed by atoms with E-state index in [2.05, 4.69) is 16.5 Å². The van der Waals surface area contributed by atoms with Gasteiger partial charge in [-0.3, -0.25) is 9.48 Å². The lowest BCUT2D eigenvalue weighted by molar-refractivity contribution is -0.118. The average molecular weight is 372 g/mol. The number of carbonyl (C=O) groups is 1. The highest BCUT2D eigenvalue weighted by atomic mass is 16.5. The van der Waals surface area contributed by atoms with Crippen molar-refractivity contribution < 1.29 is 9.53 Å². The van der Waals surface area contributed by atoms with Crippen molar-refractivity contribution in [3.05, 3.63) is 72.9 Å². The van der Waals surface area contributed by atoms with Crippen LogP contribution in [0.2, 0.25) is 0 Å². The minimum atomic E-state index is -0.263. The Balaban J connectivity index is 1.59. The Labute approximate surface area is 162 Å². The summed E-state index contributed by atoms with van der Waals surface area (Å²) in [5, 5.41) is 8.99. The van der Waals surface area contributed by atoms with E-state index in [-0.39, 0.29) is 12.5 Å². The summed E-state index contributed by atoms with van der Waals surface area (Å²) in [4.78, 5) is 12.2. The van der Waals surface area contributed by atoms with E-state index < -0.39 is 0 Å². The molecule has 0 saturated heterocycles. The SMILES string of the molecule is Cn1ccc(NC(=O)COc2cc(-c3ccc(N)cc3)c3ccccc3c2)n1. The third-order valence-corrected chi connectivity index (χ3v) is 4.41. The van der Waals surface area contributed by atoms with Crippen LogP contribution in [0, 0.1) is 0 Å². The molecule has 0 radical (unpaired) electrons. The van der Waals surface area contributed by atoms with Gasteiger partial charge in [0.15, 0.2) is 12.4 Å². The number of fused-ring (bicyclic) bond motifs is 1. The molecule has 6 heteroatoms. The first-order valence-corrected chi connectivity index (χ1v) is 8.89. The van der Waals surface area contributed by atoms with Gasteiger partial charge in [-0.05, 0) is 46.2 Å². The van der Waals surface area contributed by atoms with Crippen LogP contribution in [0.15, 0.2) is 72.9 Å². The molecule has 0 bridgehead atoms. The molecule has 1 heterocycles. The Morgan fingerprint density at radius 3 is 2.64 bits per heavy atom. The summed E-state index contributed by atoms with van der Waals surface area (Å²) in [7, 11) is 1.79. The number of carbonyl (C=O) groups excluding carboxylic acids is 1. The van der Waals surface area contributed by atoms with Crippen LogP contribution in [0.1, 0.15) is 0 Å². The molecule has 4 aromatic rings. The zero-order valence-electron chi connectivity index (χ0n) is 15.4. The van der Waals surface area contributed by atoms with E-state index in [1.54, 1.807) is 24.0 Å². The number of rotatable bonds is 5. The first-order chi connectivity index (χ1) is 13.6. The van der Waals surface area contributed by atoms with Crippen LogP contribution in [-0.2, 0) is 11.8 Å². The molecule has 3 N–H and O–H groups in total. The molecule has 1 amide bonds. The highest BCUT2D eigenvalue weighted by molar-refractivity contribution is 5.98. The lowest BCUT2D eigenvalue weighted by atomic mass is 9.97. The van der Waals surface area contributed by atoms with E-state index in [0.717, 1.165) is 21.9 Å². The minimum absolute atomic E-state index is 0.101. The van der Waals surface area contributed by atoms with Crippen LogP contribution in [0.5, 0.6) is 5.75 Å². The fourth-order valence-electron chi connectivity index (χ4n) is 3.08. The van der Waals surface area contributed by atoms with Gasteiger partial charge in [-0.2, -0.15) is 5.10 Å². The topological polar surface area (TPSA) is 82.2 Å². The second-order valence-corrected chi connectivity index (χ2v) is 6.53. The number of benzene rings is 3. The summed E-state index contributed by atoms with van der Waals surface area (Å²) in [5.41, 5.74) is 8.59. The van der Waals surface area contributed by atoms with Gasteiger partial charge >= 0.3 is 0 Å². The molecule has 4 rings (SSSR count). The molecular weight excluding hydrogens is 352 g/mol. The fourth-order valence-corrected chi connectivity index (χ4v) is 3.08. The smallest absolute Gasteiger partial charge is 0.263 e. The highest BCUT2D eigenvalue weighted by Crippen LogP contribution is 2.33. The Bertz CT molecular complexity index is 1130. The van der Waals surface area contributed by atoms with Crippen LogP contribution in [0.25, 0.3) is 21.9 Å². The van der Waals surface area contributed by atoms with Gasteiger partial charge in [0.2, 0.25) is 0 Å². The van der Waals surface area contributed by atoms with E-state index in [1.165, 1.54) is 0 Å². The van der Waals surface area contributed by atoms with Gasteiger partial charge in [0.05, 0.1) is 0 Å². The summed E-state index contributed by atoms with van der Waals surface area (Å²) in [6, 6.07) is 21.4. The number of amides is 1. The van der Waals surface area contributed by atoms with Crippen molar-refractivity contribution in [3.8, 4) is 16.9 Å². The number of aryl methyl sites for hydroxylation is 1. The molecule has 0 saturated carbocycles. The maximum absolute atomic E-state index is 12.2. The third kappa shape index (κ3) is 3.81. The first-order valence-electron chi connectivity index (χ1n) is 8.89. The maximum atomic E-state index is 12.2. The summed E-state index contributed by atoms with van der Waals surface area (Å²) in [6.07, 6.45) is 1.76. The molecule has 0 aliphatic heterocycles. The van der Waals surface area contributed by atoms with Crippen LogP contribution >= 0.6 is 0 Å². The summed E-state index contributed by atoms with van der Waals surface area (Å²) in [5.74, 6) is 0.861. The Morgan fingerprint density at radius 2 is 1.89 bits per heavy atom. The van der Waals surface area contributed by atoms with E-state index >= 15 is 0 Å². The van der Waals surface area contributed by atoms with Gasteiger partial charge in [0, 0.05) is 25.0 Å². The van der Waals surface area contributed by atoms with Gasteiger partial charge in [0.25, 0.3) is 5.91 Å². The summed E-state index contributed by atoms with van der Waals surface area (Å²) < 4.78 is 7.39. The molecule has 1 aromatic heterocycles. The summed E-state index contributed by atoms with van der Waals surface area (Å²) >= 11 is 0. The van der Waals surface area contributed by atoms with Crippen LogP contribution in [-0.4, -0.2) is 22.3 Å². The number of nitrogen functional groups attached to an aromatic ring is 1. The standard InChI is InChI=1S/C22H20N4O2/c1-26-11-10-21(25-26)24-22(27)14-28-18-12-16-4-2-3-5-19(16)20(13-18)15-6-8-17(23)9-7-15/h2-13H,14,23H2,1H3,(H,24,25,27). The highest BCUT2D eigenvalue weighted by Gasteiger charge is 2.10. The van der Waals surface area contributed by atoms with Crippen LogP contribution < -0.4 is 15.8 Å². The number of anilines is 2. The molecule has 140 valence electrons. The molecular formula is C22H20N4O2. The minimum Gasteiger partial charge on any atom is -0.484 e. The predicted molar refractivity (Wildman–Crippen MR) is 111 cm³/mol. The van der Waals surface area contributed by atoms with Gasteiger partial charge < -0.3 is 15.8 Å². The molecule has 3 aromatic carbocycles. The van der Waals surface area contributed by atoms with E-state index in [1.807, 2.05) is 54.6 Å². The number of nitrogens with two attached hydrogens (primary N) is 1. The number of aromatic nitrogens is 2. The van der Waals surface area contributed by atoms with Crippen molar-refractivity contribution in [1.29, 1.82) is 0 Å². The van der Waals surface area contributed by atoms with Gasteiger partial charge in [-0.25, -0.2) is 0 Å². The molecule has 0 aliphatic rings. The average Bonchev–Trinajstić information content (AvgIpc) is 3.11. The first kappa shape index (κ1) is 17.6. The van der Waals surface area contributed by atoms with E-state index in [9.17, 15) is 4.79 Å². The Hall–Kier alpha value is -3.80. The molecule has 0 fully saturated rings. The number of ether oxygens (including phenoxy) is 1. The van der Waals surface area contributed by atoms with Crippen molar-refractivity contribution in [1.82, 2.24) is 9.78 Å². The summed E-state index contributed by atoms with van der Waals surface area (Å²) in [6.45, 7) is -0.101. The number of nitrogens with zero attached hydrogens (tertiary/aromatic N) is 2. The zero-order chi connectivity index (χ0) is 19.5. The van der Waals surface area contributed by atoms with Gasteiger partial charge in [-0.15, -0.1) is 0 Å². The quantitative estimate of drug-likeness (QED) is 0.522. The fraction of sp³-hybridized carbons (Fsp3) is 0.0909. The van der Waals surface area contributed by atoms with Gasteiger partial charge in [0.1, 0.15) is 5.75 Å². The predicted octanol–water partition coefficient (Wildman–Crippen LogP) is 3.84. The molecule has 0 atom stereocenters. The largest absolute Gasteiger partial charge is 0.484 e. The third-order valence-electron chi connectivity index (χ3n) is 4.41. The molecule has 0 aliphatic carbocycles. The number of hydrogen-bond donors (Lipinski definition) is 2. The second kappa shape index (κ2) is 7.44. The monoisotopic (exact) mass is 372 g/mol. The number of nitrogens with one attached hydrogen (secondary N) is 1. The van der Waals surface area contributed by atoms with Crippen molar-refractivity contribution >= 4 is 28.2 Å². The van der Waals surface area contributed by atoms with E-state index in [4.69, 9.17) is 10.5 Å². The van der Waals surface area contributed by atoms with Crippen LogP contribution in [0.3, 0.4) is 0 Å². The van der Waals surface area contributed by atoms with Crippen molar-refractivity contribution in [2.75, 3.05) is 17.7 Å². The van der Waals surface area contributed by atoms with Crippen molar-refractivity contribution in [2.24, 2.45) is 7.05 Å². The molecule has 0 unspecified atom stereocenters. The van der Waals surface area contributed by atoms with Gasteiger partial charge in [-0.1, -0.05) is 36.4 Å². The maximum Gasteiger partial charge on any atom is 0.263 e. The normalized spacial score (nSPS) is 10.8. The van der Waals surface area contributed by atoms with E-state index in [0.29, 0.717) is 17.3 Å². The Morgan fingerprint density at radius 1 is 1.11 bits per heavy atom. The molecule has 6 nitrogen and oxygen atoms in total. The number of hydrogen-bond acceptors (Lipinski definition) is 4. The van der Waals surface area contributed by atoms with Crippen LogP contribution in [0.4, 0.5) is 11.5 Å². The molecule has 28 heavy (non-hydrogen) atoms. The lowest BCUT2D eigenvalue weighted by Gasteiger charge is -2.12. The van der Waals surface area contributed by atoms with Crippen molar-refractivity contribution in [3.63, 3.8) is 0 Å². The lowest BCUT2D eigenvalue weighted by Crippen LogP contribution is -2.20.